The number of anilines is 1. The maximum Gasteiger partial charge on any atom is 0.228 e. The van der Waals surface area contributed by atoms with Gasteiger partial charge in [0.05, 0.1) is 6.57 Å². The highest BCUT2D eigenvalue weighted by atomic mass is 16.5. The van der Waals surface area contributed by atoms with Gasteiger partial charge >= 0.3 is 0 Å². The summed E-state index contributed by atoms with van der Waals surface area (Å²) in [6, 6.07) is 8.24. The summed E-state index contributed by atoms with van der Waals surface area (Å²) in [5.74, 6) is 1.53. The molecule has 2 heterocycles. The quantitative estimate of drug-likeness (QED) is 0.495. The minimum Gasteiger partial charge on any atom is -0.439 e. The highest BCUT2D eigenvalue weighted by Crippen LogP contribution is 2.32. The first-order valence-electron chi connectivity index (χ1n) is 7.37. The van der Waals surface area contributed by atoms with Crippen molar-refractivity contribution < 1.29 is 9.53 Å². The normalized spacial score (nSPS) is 13.6. The molecule has 1 fully saturated rings. The lowest BCUT2D eigenvalue weighted by atomic mass is 9.91. The Morgan fingerprint density at radius 3 is 2.74 bits per heavy atom. The molecule has 2 aromatic rings. The van der Waals surface area contributed by atoms with E-state index in [0.29, 0.717) is 40.4 Å². The number of aldehydes is 1. The van der Waals surface area contributed by atoms with Crippen molar-refractivity contribution in [2.75, 3.05) is 18.0 Å². The molecular formula is C17H14BN3O2. The highest BCUT2D eigenvalue weighted by Gasteiger charge is 2.18. The summed E-state index contributed by atoms with van der Waals surface area (Å²) in [6.07, 6.45) is 2.89. The predicted octanol–water partition coefficient (Wildman–Crippen LogP) is 2.63. The second-order valence-corrected chi connectivity index (χ2v) is 5.31. The van der Waals surface area contributed by atoms with Crippen LogP contribution in [-0.4, -0.2) is 32.2 Å². The van der Waals surface area contributed by atoms with Crippen LogP contribution >= 0.6 is 0 Å². The minimum atomic E-state index is 0.375. The number of rotatable bonds is 4. The molecule has 0 atom stereocenters. The van der Waals surface area contributed by atoms with Crippen molar-refractivity contribution in [1.82, 2.24) is 4.98 Å². The molecule has 0 bridgehead atoms. The SMILES string of the molecule is [B]c1ccc(Oc2ccc([N+]#[C-])c(N3CCCC3)n2)cc1C=O. The van der Waals surface area contributed by atoms with E-state index in [-0.39, 0.29) is 0 Å². The van der Waals surface area contributed by atoms with Gasteiger partial charge in [0.1, 0.15) is 25.7 Å². The zero-order valence-corrected chi connectivity index (χ0v) is 12.5. The van der Waals surface area contributed by atoms with Crippen LogP contribution in [0.2, 0.25) is 0 Å². The molecule has 1 aromatic heterocycles. The Labute approximate surface area is 136 Å². The summed E-state index contributed by atoms with van der Waals surface area (Å²) in [5, 5.41) is 0. The molecule has 0 aliphatic carbocycles. The first kappa shape index (κ1) is 15.1. The Morgan fingerprint density at radius 1 is 1.26 bits per heavy atom. The van der Waals surface area contributed by atoms with E-state index in [1.807, 2.05) is 0 Å². The number of ether oxygens (including phenoxy) is 1. The Hall–Kier alpha value is -2.81. The summed E-state index contributed by atoms with van der Waals surface area (Å²) >= 11 is 0. The van der Waals surface area contributed by atoms with Crippen LogP contribution in [0.3, 0.4) is 0 Å². The molecule has 0 N–H and O–H groups in total. The summed E-state index contributed by atoms with van der Waals surface area (Å²) < 4.78 is 5.72. The largest absolute Gasteiger partial charge is 0.439 e. The van der Waals surface area contributed by atoms with Crippen molar-refractivity contribution in [3.05, 3.63) is 47.3 Å². The van der Waals surface area contributed by atoms with Gasteiger partial charge < -0.3 is 9.64 Å². The molecule has 1 aliphatic rings. The van der Waals surface area contributed by atoms with Gasteiger partial charge in [-0.05, 0) is 37.1 Å². The average Bonchev–Trinajstić information content (AvgIpc) is 3.11. The number of hydrogen-bond donors (Lipinski definition) is 0. The van der Waals surface area contributed by atoms with Crippen LogP contribution in [-0.2, 0) is 0 Å². The monoisotopic (exact) mass is 303 g/mol. The lowest BCUT2D eigenvalue weighted by Crippen LogP contribution is -2.19. The Kier molecular flexibility index (Phi) is 4.29. The summed E-state index contributed by atoms with van der Waals surface area (Å²) in [6.45, 7) is 9.08. The number of aromatic nitrogens is 1. The van der Waals surface area contributed by atoms with Crippen LogP contribution in [0.1, 0.15) is 23.2 Å². The number of benzene rings is 1. The fourth-order valence-electron chi connectivity index (χ4n) is 2.57. The molecule has 112 valence electrons. The molecule has 1 aromatic carbocycles. The third-order valence-corrected chi connectivity index (χ3v) is 3.76. The lowest BCUT2D eigenvalue weighted by molar-refractivity contribution is 0.112. The first-order valence-corrected chi connectivity index (χ1v) is 7.37. The number of pyridine rings is 1. The molecule has 3 rings (SSSR count). The highest BCUT2D eigenvalue weighted by molar-refractivity contribution is 6.35. The van der Waals surface area contributed by atoms with Crippen LogP contribution in [0.25, 0.3) is 4.85 Å². The number of carbonyl (C=O) groups is 1. The van der Waals surface area contributed by atoms with Gasteiger partial charge in [-0.2, -0.15) is 0 Å². The Bertz CT molecular complexity index is 780. The molecule has 0 amide bonds. The third-order valence-electron chi connectivity index (χ3n) is 3.76. The fraction of sp³-hybridized carbons (Fsp3) is 0.235. The lowest BCUT2D eigenvalue weighted by Gasteiger charge is -2.18. The minimum absolute atomic E-state index is 0.375. The van der Waals surface area contributed by atoms with Gasteiger partial charge in [-0.1, -0.05) is 11.5 Å². The number of carbonyl (C=O) groups excluding carboxylic acids is 1. The topological polar surface area (TPSA) is 46.8 Å². The molecule has 2 radical (unpaired) electrons. The van der Waals surface area contributed by atoms with Gasteiger partial charge in [0.25, 0.3) is 0 Å². The first-order chi connectivity index (χ1) is 11.2. The van der Waals surface area contributed by atoms with Crippen LogP contribution < -0.4 is 15.1 Å². The third kappa shape index (κ3) is 3.19. The van der Waals surface area contributed by atoms with Gasteiger partial charge in [-0.15, -0.1) is 0 Å². The van der Waals surface area contributed by atoms with Gasteiger partial charge in [-0.3, -0.25) is 4.79 Å². The summed E-state index contributed by atoms with van der Waals surface area (Å²) in [7, 11) is 5.70. The van der Waals surface area contributed by atoms with Crippen LogP contribution in [0.4, 0.5) is 11.5 Å². The van der Waals surface area contributed by atoms with Crippen molar-refractivity contribution in [1.29, 1.82) is 0 Å². The molecule has 5 nitrogen and oxygen atoms in total. The van der Waals surface area contributed by atoms with E-state index in [0.717, 1.165) is 25.9 Å². The summed E-state index contributed by atoms with van der Waals surface area (Å²) in [4.78, 5) is 21.0. The second-order valence-electron chi connectivity index (χ2n) is 5.31. The molecule has 23 heavy (non-hydrogen) atoms. The molecule has 0 unspecified atom stereocenters. The van der Waals surface area contributed by atoms with E-state index < -0.39 is 0 Å². The van der Waals surface area contributed by atoms with E-state index in [1.165, 1.54) is 0 Å². The molecule has 0 saturated carbocycles. The van der Waals surface area contributed by atoms with Crippen molar-refractivity contribution in [2.24, 2.45) is 0 Å². The van der Waals surface area contributed by atoms with Crippen LogP contribution in [0.15, 0.2) is 30.3 Å². The molecule has 6 heteroatoms. The fourth-order valence-corrected chi connectivity index (χ4v) is 2.57. The summed E-state index contributed by atoms with van der Waals surface area (Å²) in [5.41, 5.74) is 1.30. The molecule has 0 spiro atoms. The molecular weight excluding hydrogens is 289 g/mol. The van der Waals surface area contributed by atoms with Gasteiger partial charge in [0, 0.05) is 18.7 Å². The predicted molar refractivity (Wildman–Crippen MR) is 89.2 cm³/mol. The molecule has 1 saturated heterocycles. The molecule has 1 aliphatic heterocycles. The van der Waals surface area contributed by atoms with E-state index >= 15 is 0 Å². The van der Waals surface area contributed by atoms with E-state index in [2.05, 4.69) is 14.7 Å². The smallest absolute Gasteiger partial charge is 0.228 e. The maximum atomic E-state index is 11.0. The number of nitrogens with zero attached hydrogens (tertiary/aromatic N) is 3. The van der Waals surface area contributed by atoms with Crippen molar-refractivity contribution in [2.45, 2.75) is 12.8 Å². The Morgan fingerprint density at radius 2 is 2.04 bits per heavy atom. The zero-order chi connectivity index (χ0) is 16.2. The van der Waals surface area contributed by atoms with Crippen molar-refractivity contribution >= 4 is 31.1 Å². The standard InChI is InChI=1S/C17H14BN3O2/c1-19-15-6-7-16(20-17(15)21-8-2-3-9-21)23-13-4-5-14(18)12(10-13)11-22/h4-7,10-11H,2-3,8-9H2. The second kappa shape index (κ2) is 6.53. The van der Waals surface area contributed by atoms with Crippen molar-refractivity contribution in [3.63, 3.8) is 0 Å². The van der Waals surface area contributed by atoms with E-state index in [9.17, 15) is 4.79 Å². The van der Waals surface area contributed by atoms with Crippen molar-refractivity contribution in [3.8, 4) is 11.6 Å². The van der Waals surface area contributed by atoms with Crippen LogP contribution in [0, 0.1) is 6.57 Å². The Balaban J connectivity index is 1.90. The van der Waals surface area contributed by atoms with Gasteiger partial charge in [-0.25, -0.2) is 9.83 Å². The maximum absolute atomic E-state index is 11.0. The van der Waals surface area contributed by atoms with E-state index in [1.54, 1.807) is 30.3 Å². The zero-order valence-electron chi connectivity index (χ0n) is 12.5. The van der Waals surface area contributed by atoms with Gasteiger partial charge in [0.15, 0.2) is 0 Å². The van der Waals surface area contributed by atoms with Gasteiger partial charge in [0.2, 0.25) is 11.6 Å². The van der Waals surface area contributed by atoms with Crippen LogP contribution in [0.5, 0.6) is 11.6 Å². The number of hydrogen-bond acceptors (Lipinski definition) is 4. The van der Waals surface area contributed by atoms with E-state index in [4.69, 9.17) is 19.2 Å². The average molecular weight is 303 g/mol.